The molecular weight excluding hydrogens is 162 g/mol. The Bertz CT molecular complexity index is 381. The van der Waals surface area contributed by atoms with Crippen LogP contribution in [0.15, 0.2) is 48.8 Å². The SMILES string of the molecule is Oc1ccc(-c2ccncc2)cc1. The number of benzene rings is 1. The number of hydrogen-bond acceptors (Lipinski definition) is 2. The van der Waals surface area contributed by atoms with E-state index in [9.17, 15) is 0 Å². The highest BCUT2D eigenvalue weighted by Gasteiger charge is 1.95. The van der Waals surface area contributed by atoms with Crippen molar-refractivity contribution in [2.75, 3.05) is 0 Å². The Morgan fingerprint density at radius 1 is 0.769 bits per heavy atom. The average Bonchev–Trinajstić information content (AvgIpc) is 2.20. The molecule has 0 amide bonds. The van der Waals surface area contributed by atoms with Crippen LogP contribution < -0.4 is 0 Å². The lowest BCUT2D eigenvalue weighted by Crippen LogP contribution is -1.76. The van der Waals surface area contributed by atoms with Crippen molar-refractivity contribution >= 4 is 0 Å². The molecule has 0 aliphatic rings. The largest absolute Gasteiger partial charge is 0.508 e. The quantitative estimate of drug-likeness (QED) is 0.714. The van der Waals surface area contributed by atoms with Crippen molar-refractivity contribution in [3.63, 3.8) is 0 Å². The number of aromatic hydroxyl groups is 1. The molecule has 0 aliphatic carbocycles. The highest BCUT2D eigenvalue weighted by Crippen LogP contribution is 2.20. The van der Waals surface area contributed by atoms with E-state index in [1.54, 1.807) is 24.5 Å². The molecule has 0 saturated carbocycles. The van der Waals surface area contributed by atoms with Crippen LogP contribution in [0.5, 0.6) is 5.75 Å². The first-order valence-electron chi connectivity index (χ1n) is 4.06. The molecule has 0 saturated heterocycles. The minimum absolute atomic E-state index is 0.290. The fourth-order valence-electron chi connectivity index (χ4n) is 1.20. The van der Waals surface area contributed by atoms with Crippen LogP contribution in [0.1, 0.15) is 0 Å². The third-order valence-corrected chi connectivity index (χ3v) is 1.88. The number of phenols is 1. The first-order chi connectivity index (χ1) is 6.36. The molecule has 0 radical (unpaired) electrons. The fraction of sp³-hybridized carbons (Fsp3) is 0. The summed E-state index contributed by atoms with van der Waals surface area (Å²) in [6.07, 6.45) is 3.50. The average molecular weight is 171 g/mol. The molecule has 2 heteroatoms. The van der Waals surface area contributed by atoms with Gasteiger partial charge >= 0.3 is 0 Å². The molecule has 0 fully saturated rings. The van der Waals surface area contributed by atoms with E-state index < -0.39 is 0 Å². The van der Waals surface area contributed by atoms with Gasteiger partial charge in [0.1, 0.15) is 5.75 Å². The zero-order valence-electron chi connectivity index (χ0n) is 7.01. The molecule has 1 heterocycles. The highest BCUT2D eigenvalue weighted by molar-refractivity contribution is 5.63. The van der Waals surface area contributed by atoms with Crippen LogP contribution in [0.3, 0.4) is 0 Å². The van der Waals surface area contributed by atoms with Gasteiger partial charge in [0.2, 0.25) is 0 Å². The topological polar surface area (TPSA) is 33.1 Å². The maximum Gasteiger partial charge on any atom is 0.115 e. The van der Waals surface area contributed by atoms with Crippen molar-refractivity contribution in [3.8, 4) is 16.9 Å². The second-order valence-electron chi connectivity index (χ2n) is 2.78. The molecule has 1 aromatic carbocycles. The Labute approximate surface area is 76.5 Å². The second kappa shape index (κ2) is 3.27. The van der Waals surface area contributed by atoms with Crippen LogP contribution in [0, 0.1) is 0 Å². The lowest BCUT2D eigenvalue weighted by atomic mass is 10.1. The monoisotopic (exact) mass is 171 g/mol. The van der Waals surface area contributed by atoms with Gasteiger partial charge in [-0.2, -0.15) is 0 Å². The first kappa shape index (κ1) is 7.80. The number of hydrogen-bond donors (Lipinski definition) is 1. The van der Waals surface area contributed by atoms with Crippen LogP contribution in [0.25, 0.3) is 11.1 Å². The highest BCUT2D eigenvalue weighted by atomic mass is 16.3. The maximum absolute atomic E-state index is 9.09. The van der Waals surface area contributed by atoms with Crippen molar-refractivity contribution < 1.29 is 5.11 Å². The summed E-state index contributed by atoms with van der Waals surface area (Å²) in [5.41, 5.74) is 2.19. The molecular formula is C11H9NO. The van der Waals surface area contributed by atoms with Crippen molar-refractivity contribution in [1.82, 2.24) is 4.98 Å². The molecule has 0 aliphatic heterocycles. The normalized spacial score (nSPS) is 9.85. The maximum atomic E-state index is 9.09. The molecule has 2 rings (SSSR count). The van der Waals surface area contributed by atoms with E-state index in [1.807, 2.05) is 24.3 Å². The van der Waals surface area contributed by atoms with E-state index in [1.165, 1.54) is 0 Å². The van der Waals surface area contributed by atoms with Gasteiger partial charge < -0.3 is 5.11 Å². The standard InChI is InChI=1S/C11H9NO/c13-11-3-1-9(2-4-11)10-5-7-12-8-6-10/h1-8,13H. The van der Waals surface area contributed by atoms with Crippen LogP contribution >= 0.6 is 0 Å². The Hall–Kier alpha value is -1.83. The summed E-state index contributed by atoms with van der Waals surface area (Å²) in [6, 6.07) is 11.0. The minimum Gasteiger partial charge on any atom is -0.508 e. The molecule has 0 spiro atoms. The molecule has 1 aromatic heterocycles. The van der Waals surface area contributed by atoms with Crippen molar-refractivity contribution in [1.29, 1.82) is 0 Å². The summed E-state index contributed by atoms with van der Waals surface area (Å²) in [5.74, 6) is 0.290. The van der Waals surface area contributed by atoms with E-state index in [0.717, 1.165) is 11.1 Å². The Kier molecular flexibility index (Phi) is 1.96. The lowest BCUT2D eigenvalue weighted by Gasteiger charge is -1.99. The number of aromatic nitrogens is 1. The first-order valence-corrected chi connectivity index (χ1v) is 4.06. The van der Waals surface area contributed by atoms with Gasteiger partial charge in [0.05, 0.1) is 0 Å². The van der Waals surface area contributed by atoms with Gasteiger partial charge in [0.25, 0.3) is 0 Å². The number of pyridine rings is 1. The van der Waals surface area contributed by atoms with Crippen LogP contribution in [0.4, 0.5) is 0 Å². The van der Waals surface area contributed by atoms with E-state index >= 15 is 0 Å². The lowest BCUT2D eigenvalue weighted by molar-refractivity contribution is 0.475. The Morgan fingerprint density at radius 2 is 1.31 bits per heavy atom. The van der Waals surface area contributed by atoms with Crippen molar-refractivity contribution in [2.24, 2.45) is 0 Å². The fourth-order valence-corrected chi connectivity index (χ4v) is 1.20. The van der Waals surface area contributed by atoms with Crippen molar-refractivity contribution in [2.45, 2.75) is 0 Å². The number of rotatable bonds is 1. The zero-order chi connectivity index (χ0) is 9.10. The summed E-state index contributed by atoms with van der Waals surface area (Å²) in [5, 5.41) is 9.09. The molecule has 64 valence electrons. The molecule has 2 aromatic rings. The summed E-state index contributed by atoms with van der Waals surface area (Å²) in [4.78, 5) is 3.94. The Balaban J connectivity index is 2.42. The molecule has 0 atom stereocenters. The summed E-state index contributed by atoms with van der Waals surface area (Å²) < 4.78 is 0. The smallest absolute Gasteiger partial charge is 0.115 e. The molecule has 2 nitrogen and oxygen atoms in total. The van der Waals surface area contributed by atoms with Gasteiger partial charge in [-0.25, -0.2) is 0 Å². The van der Waals surface area contributed by atoms with Crippen LogP contribution in [-0.4, -0.2) is 10.1 Å². The van der Waals surface area contributed by atoms with Gasteiger partial charge in [0, 0.05) is 12.4 Å². The number of phenolic OH excluding ortho intramolecular Hbond substituents is 1. The van der Waals surface area contributed by atoms with E-state index in [0.29, 0.717) is 0 Å². The summed E-state index contributed by atoms with van der Waals surface area (Å²) >= 11 is 0. The predicted molar refractivity (Wildman–Crippen MR) is 51.3 cm³/mol. The van der Waals surface area contributed by atoms with Crippen molar-refractivity contribution in [3.05, 3.63) is 48.8 Å². The molecule has 13 heavy (non-hydrogen) atoms. The molecule has 0 unspecified atom stereocenters. The Morgan fingerprint density at radius 3 is 1.92 bits per heavy atom. The van der Waals surface area contributed by atoms with E-state index in [-0.39, 0.29) is 5.75 Å². The summed E-state index contributed by atoms with van der Waals surface area (Å²) in [7, 11) is 0. The molecule has 0 bridgehead atoms. The van der Waals surface area contributed by atoms with Gasteiger partial charge in [0.15, 0.2) is 0 Å². The van der Waals surface area contributed by atoms with Crippen LogP contribution in [-0.2, 0) is 0 Å². The predicted octanol–water partition coefficient (Wildman–Crippen LogP) is 2.45. The van der Waals surface area contributed by atoms with Crippen LogP contribution in [0.2, 0.25) is 0 Å². The second-order valence-corrected chi connectivity index (χ2v) is 2.78. The third-order valence-electron chi connectivity index (χ3n) is 1.88. The van der Waals surface area contributed by atoms with Gasteiger partial charge in [-0.1, -0.05) is 12.1 Å². The van der Waals surface area contributed by atoms with Gasteiger partial charge in [-0.3, -0.25) is 4.98 Å². The zero-order valence-corrected chi connectivity index (χ0v) is 7.01. The number of nitrogens with zero attached hydrogens (tertiary/aromatic N) is 1. The molecule has 1 N–H and O–H groups in total. The van der Waals surface area contributed by atoms with Gasteiger partial charge in [-0.15, -0.1) is 0 Å². The minimum atomic E-state index is 0.290. The van der Waals surface area contributed by atoms with E-state index in [4.69, 9.17) is 5.11 Å². The van der Waals surface area contributed by atoms with E-state index in [2.05, 4.69) is 4.98 Å². The van der Waals surface area contributed by atoms with Gasteiger partial charge in [-0.05, 0) is 35.4 Å². The summed E-state index contributed by atoms with van der Waals surface area (Å²) in [6.45, 7) is 0. The third kappa shape index (κ3) is 1.67.